The highest BCUT2D eigenvalue weighted by atomic mass is 31.2. The molecular weight excluding hydrogens is 1030 g/mol. The van der Waals surface area contributed by atoms with Crippen LogP contribution in [0.15, 0.2) is 0 Å². The van der Waals surface area contributed by atoms with E-state index in [0.29, 0.717) is 25.7 Å². The topological polar surface area (TPSA) is 237 Å². The van der Waals surface area contributed by atoms with Crippen molar-refractivity contribution in [3.63, 3.8) is 0 Å². The van der Waals surface area contributed by atoms with Gasteiger partial charge in [-0.1, -0.05) is 240 Å². The molecule has 0 rings (SSSR count). The first-order valence-corrected chi connectivity index (χ1v) is 33.8. The molecule has 17 nitrogen and oxygen atoms in total. The molecule has 0 aromatic carbocycles. The van der Waals surface area contributed by atoms with Crippen LogP contribution in [0.1, 0.15) is 291 Å². The van der Waals surface area contributed by atoms with E-state index in [0.717, 1.165) is 103 Å². The lowest BCUT2D eigenvalue weighted by Crippen LogP contribution is -2.30. The minimum Gasteiger partial charge on any atom is -0.462 e. The Hall–Kier alpha value is -1.94. The predicted molar refractivity (Wildman–Crippen MR) is 303 cm³/mol. The maximum Gasteiger partial charge on any atom is 0.472 e. The third kappa shape index (κ3) is 53.2. The van der Waals surface area contributed by atoms with Crippen molar-refractivity contribution in [3.8, 4) is 0 Å². The van der Waals surface area contributed by atoms with Gasteiger partial charge in [-0.25, -0.2) is 9.13 Å². The summed E-state index contributed by atoms with van der Waals surface area (Å²) < 4.78 is 67.0. The van der Waals surface area contributed by atoms with Gasteiger partial charge in [-0.15, -0.1) is 0 Å². The second kappa shape index (κ2) is 53.4. The summed E-state index contributed by atoms with van der Waals surface area (Å²) in [6, 6.07) is 0. The number of carbonyl (C=O) groups is 4. The first-order valence-electron chi connectivity index (χ1n) is 30.8. The van der Waals surface area contributed by atoms with Crippen molar-refractivity contribution < 1.29 is 80.2 Å². The van der Waals surface area contributed by atoms with Crippen molar-refractivity contribution in [3.05, 3.63) is 0 Å². The zero-order valence-corrected chi connectivity index (χ0v) is 50.7. The van der Waals surface area contributed by atoms with Gasteiger partial charge in [0.2, 0.25) is 0 Å². The predicted octanol–water partition coefficient (Wildman–Crippen LogP) is 15.6. The van der Waals surface area contributed by atoms with Crippen molar-refractivity contribution in [2.24, 2.45) is 0 Å². The molecule has 0 fully saturated rings. The Morgan fingerprint density at radius 3 is 0.766 bits per heavy atom. The average molecular weight is 1140 g/mol. The number of ether oxygens (including phenoxy) is 4. The molecule has 77 heavy (non-hydrogen) atoms. The number of phosphoric ester groups is 2. The minimum absolute atomic E-state index is 0.0989. The van der Waals surface area contributed by atoms with Gasteiger partial charge in [0.05, 0.1) is 26.4 Å². The van der Waals surface area contributed by atoms with Crippen molar-refractivity contribution in [2.75, 3.05) is 39.6 Å². The summed E-state index contributed by atoms with van der Waals surface area (Å²) >= 11 is 0. The summed E-state index contributed by atoms with van der Waals surface area (Å²) in [5.74, 6) is -2.18. The minimum atomic E-state index is -4.93. The normalized spacial score (nSPS) is 14.3. The Bertz CT molecular complexity index is 1500. The lowest BCUT2D eigenvalue weighted by Gasteiger charge is -2.21. The average Bonchev–Trinajstić information content (AvgIpc) is 3.40. The van der Waals surface area contributed by atoms with E-state index >= 15 is 0 Å². The van der Waals surface area contributed by atoms with Crippen LogP contribution in [0.4, 0.5) is 0 Å². The lowest BCUT2D eigenvalue weighted by atomic mass is 10.0. The molecule has 0 aliphatic heterocycles. The van der Waals surface area contributed by atoms with Crippen LogP contribution in [0.25, 0.3) is 0 Å². The van der Waals surface area contributed by atoms with Crippen LogP contribution < -0.4 is 0 Å². The van der Waals surface area contributed by atoms with Crippen LogP contribution in [-0.2, 0) is 65.4 Å². The number of phosphoric acid groups is 2. The second-order valence-corrected chi connectivity index (χ2v) is 23.9. The highest BCUT2D eigenvalue weighted by Gasteiger charge is 2.30. The van der Waals surface area contributed by atoms with Crippen molar-refractivity contribution in [2.45, 2.75) is 309 Å². The third-order valence-electron chi connectivity index (χ3n) is 13.4. The molecule has 0 bridgehead atoms. The number of hydrogen-bond donors (Lipinski definition) is 3. The van der Waals surface area contributed by atoms with E-state index in [9.17, 15) is 43.2 Å². The standard InChI is InChI=1S/C58H112O17P2/c1-5-9-13-17-18-19-20-21-22-23-24-25-26-27-28-29-30-31-32-33-37-41-45-58(63)75-54(49-69-56(61)43-39-35-15-11-7-3)51-73-77(66,67)71-47-52(59)46-70-76(64,65)72-50-53(74-57(62)44-40-36-16-12-8-4)48-68-55(60)42-38-34-14-10-6-2/h52-54,59H,5-51H2,1-4H3,(H,64,65)(H,66,67)/t52-,53+,54+/m0/s1. The van der Waals surface area contributed by atoms with Gasteiger partial charge in [0.25, 0.3) is 0 Å². The van der Waals surface area contributed by atoms with Crippen molar-refractivity contribution in [1.82, 2.24) is 0 Å². The molecule has 3 N–H and O–H groups in total. The molecule has 0 amide bonds. The van der Waals surface area contributed by atoms with Crippen LogP contribution in [0, 0.1) is 0 Å². The Balaban J connectivity index is 4.85. The van der Waals surface area contributed by atoms with Gasteiger partial charge in [-0.3, -0.25) is 37.3 Å². The molecule has 0 aliphatic carbocycles. The maximum absolute atomic E-state index is 12.9. The molecule has 0 saturated carbocycles. The Kier molecular flexibility index (Phi) is 52.0. The number of aliphatic hydroxyl groups excluding tert-OH is 1. The second-order valence-electron chi connectivity index (χ2n) is 21.0. The highest BCUT2D eigenvalue weighted by molar-refractivity contribution is 7.47. The van der Waals surface area contributed by atoms with E-state index in [1.54, 1.807) is 0 Å². The molecule has 0 aromatic rings. The molecule has 0 spiro atoms. The summed E-state index contributed by atoms with van der Waals surface area (Å²) in [4.78, 5) is 71.1. The summed E-state index contributed by atoms with van der Waals surface area (Å²) in [6.45, 7) is 4.57. The largest absolute Gasteiger partial charge is 0.472 e. The summed E-state index contributed by atoms with van der Waals surface area (Å²) in [5.41, 5.74) is 0. The fourth-order valence-corrected chi connectivity index (χ4v) is 10.2. The summed E-state index contributed by atoms with van der Waals surface area (Å²) in [6.07, 6.45) is 37.7. The number of carbonyl (C=O) groups excluding carboxylic acids is 4. The lowest BCUT2D eigenvalue weighted by molar-refractivity contribution is -0.161. The zero-order valence-electron chi connectivity index (χ0n) is 48.9. The number of hydrogen-bond acceptors (Lipinski definition) is 15. The highest BCUT2D eigenvalue weighted by Crippen LogP contribution is 2.45. The Labute approximate surface area is 467 Å². The number of aliphatic hydroxyl groups is 1. The fourth-order valence-electron chi connectivity index (χ4n) is 8.57. The molecule has 2 unspecified atom stereocenters. The smallest absolute Gasteiger partial charge is 0.462 e. The van der Waals surface area contributed by atoms with Gasteiger partial charge < -0.3 is 33.8 Å². The quantitative estimate of drug-likeness (QED) is 0.0222. The Morgan fingerprint density at radius 1 is 0.312 bits per heavy atom. The molecule has 0 heterocycles. The molecule has 0 aliphatic rings. The molecule has 0 saturated heterocycles. The van der Waals surface area contributed by atoms with E-state index < -0.39 is 97.5 Å². The number of esters is 4. The maximum atomic E-state index is 12.9. The van der Waals surface area contributed by atoms with E-state index in [1.165, 1.54) is 109 Å². The van der Waals surface area contributed by atoms with E-state index in [2.05, 4.69) is 27.7 Å². The van der Waals surface area contributed by atoms with Crippen molar-refractivity contribution in [1.29, 1.82) is 0 Å². The molecule has 19 heteroatoms. The summed E-state index contributed by atoms with van der Waals surface area (Å²) in [5, 5.41) is 10.4. The van der Waals surface area contributed by atoms with Crippen LogP contribution >= 0.6 is 15.6 Å². The fraction of sp³-hybridized carbons (Fsp3) is 0.931. The van der Waals surface area contributed by atoms with Crippen LogP contribution in [0.3, 0.4) is 0 Å². The molecule has 456 valence electrons. The van der Waals surface area contributed by atoms with Crippen LogP contribution in [0.2, 0.25) is 0 Å². The zero-order chi connectivity index (χ0) is 56.9. The molecule has 5 atom stereocenters. The SMILES string of the molecule is CCCCCCCCCCCCCCCCCCCCCCCCC(=O)O[C@H](COC(=O)CCCCCCC)COP(=O)(O)OC[C@@H](O)COP(=O)(O)OC[C@@H](COC(=O)CCCCCCC)OC(=O)CCCCCCC. The van der Waals surface area contributed by atoms with Crippen LogP contribution in [-0.4, -0.2) is 96.7 Å². The van der Waals surface area contributed by atoms with Crippen LogP contribution in [0.5, 0.6) is 0 Å². The first kappa shape index (κ1) is 75.1. The van der Waals surface area contributed by atoms with Gasteiger partial charge >= 0.3 is 39.5 Å². The number of unbranched alkanes of at least 4 members (excludes halogenated alkanes) is 33. The molecular formula is C58H112O17P2. The van der Waals surface area contributed by atoms with Gasteiger partial charge in [0.1, 0.15) is 19.3 Å². The molecule has 0 radical (unpaired) electrons. The van der Waals surface area contributed by atoms with E-state index in [-0.39, 0.29) is 25.7 Å². The van der Waals surface area contributed by atoms with Gasteiger partial charge in [0.15, 0.2) is 12.2 Å². The number of rotatable bonds is 59. The van der Waals surface area contributed by atoms with Gasteiger partial charge in [0, 0.05) is 25.7 Å². The summed E-state index contributed by atoms with van der Waals surface area (Å²) in [7, 11) is -9.84. The van der Waals surface area contributed by atoms with E-state index in [1.807, 2.05) is 0 Å². The first-order chi connectivity index (χ1) is 37.2. The molecule has 0 aromatic heterocycles. The van der Waals surface area contributed by atoms with Gasteiger partial charge in [-0.05, 0) is 25.7 Å². The Morgan fingerprint density at radius 2 is 0.519 bits per heavy atom. The van der Waals surface area contributed by atoms with Crippen molar-refractivity contribution >= 4 is 39.5 Å². The van der Waals surface area contributed by atoms with E-state index in [4.69, 9.17) is 37.0 Å². The third-order valence-corrected chi connectivity index (χ3v) is 15.3. The monoisotopic (exact) mass is 1140 g/mol. The van der Waals surface area contributed by atoms with Gasteiger partial charge in [-0.2, -0.15) is 0 Å².